The summed E-state index contributed by atoms with van der Waals surface area (Å²) in [6, 6.07) is 2.18. The molecule has 1 unspecified atom stereocenters. The molecule has 0 aromatic rings. The van der Waals surface area contributed by atoms with Crippen LogP contribution in [0.5, 0.6) is 0 Å². The van der Waals surface area contributed by atoms with E-state index in [-0.39, 0.29) is 20.7 Å². The van der Waals surface area contributed by atoms with Crippen LogP contribution in [0.25, 0.3) is 0 Å². The standard InChI is InChI=1S/C7H8IN/c9-6-3-7-1-4-8-5-2-7/h1,4-5,7H,2-3H2. The van der Waals surface area contributed by atoms with Crippen LogP contribution < -0.4 is 0 Å². The second-order valence-electron chi connectivity index (χ2n) is 1.96. The molecule has 0 aromatic heterocycles. The van der Waals surface area contributed by atoms with E-state index in [1.54, 1.807) is 0 Å². The third kappa shape index (κ3) is 2.27. The number of hydrogen-bond donors (Lipinski definition) is 0. The SMILES string of the molecule is N#CCC1C=CI=CC1. The lowest BCUT2D eigenvalue weighted by atomic mass is 10.0. The van der Waals surface area contributed by atoms with Crippen LogP contribution in [0.3, 0.4) is 0 Å². The zero-order chi connectivity index (χ0) is 6.53. The smallest absolute Gasteiger partial charge is 0.0628 e. The zero-order valence-corrected chi connectivity index (χ0v) is 7.21. The Morgan fingerprint density at radius 1 is 1.78 bits per heavy atom. The molecule has 1 aliphatic heterocycles. The summed E-state index contributed by atoms with van der Waals surface area (Å²) in [7, 11) is 0. The zero-order valence-electron chi connectivity index (χ0n) is 5.05. The minimum Gasteiger partial charge on any atom is -0.198 e. The lowest BCUT2D eigenvalue weighted by Crippen LogP contribution is -1.96. The Morgan fingerprint density at radius 2 is 2.67 bits per heavy atom. The minimum atomic E-state index is 0.261. The van der Waals surface area contributed by atoms with Gasteiger partial charge in [0.05, 0.1) is 6.07 Å². The summed E-state index contributed by atoms with van der Waals surface area (Å²) in [5, 5.41) is 8.33. The number of halogens is 1. The molecule has 0 N–H and O–H groups in total. The third-order valence-corrected chi connectivity index (χ3v) is 3.10. The van der Waals surface area contributed by atoms with Gasteiger partial charge in [0.25, 0.3) is 0 Å². The quantitative estimate of drug-likeness (QED) is 0.637. The van der Waals surface area contributed by atoms with Gasteiger partial charge in [-0.05, 0) is 16.4 Å². The second-order valence-corrected chi connectivity index (χ2v) is 4.28. The van der Waals surface area contributed by atoms with Crippen LogP contribution in [-0.4, -0.2) is 4.01 Å². The van der Waals surface area contributed by atoms with Crippen LogP contribution >= 0.6 is 20.7 Å². The third-order valence-electron chi connectivity index (χ3n) is 1.25. The van der Waals surface area contributed by atoms with Crippen molar-refractivity contribution in [1.29, 1.82) is 5.26 Å². The maximum atomic E-state index is 8.33. The predicted molar refractivity (Wildman–Crippen MR) is 47.6 cm³/mol. The Hall–Kier alpha value is -0.170. The van der Waals surface area contributed by atoms with E-state index in [2.05, 4.69) is 20.2 Å². The molecule has 1 aliphatic rings. The van der Waals surface area contributed by atoms with Gasteiger partial charge in [-0.15, -0.1) is 0 Å². The van der Waals surface area contributed by atoms with Gasteiger partial charge in [0.1, 0.15) is 0 Å². The lowest BCUT2D eigenvalue weighted by molar-refractivity contribution is 0.713. The maximum absolute atomic E-state index is 8.33. The van der Waals surface area contributed by atoms with E-state index < -0.39 is 0 Å². The monoisotopic (exact) mass is 233 g/mol. The Kier molecular flexibility index (Phi) is 2.92. The summed E-state index contributed by atoms with van der Waals surface area (Å²) >= 11 is 0.261. The summed E-state index contributed by atoms with van der Waals surface area (Å²) in [6.45, 7) is 0. The summed E-state index contributed by atoms with van der Waals surface area (Å²) in [5.41, 5.74) is 0. The molecule has 48 valence electrons. The molecule has 0 amide bonds. The van der Waals surface area contributed by atoms with E-state index in [1.165, 1.54) is 0 Å². The predicted octanol–water partition coefficient (Wildman–Crippen LogP) is 2.21. The fourth-order valence-corrected chi connectivity index (χ4v) is 2.78. The van der Waals surface area contributed by atoms with Gasteiger partial charge in [0.2, 0.25) is 0 Å². The van der Waals surface area contributed by atoms with Crippen molar-refractivity contribution in [3.8, 4) is 6.07 Å². The molecular weight excluding hydrogens is 225 g/mol. The van der Waals surface area contributed by atoms with Crippen LogP contribution in [0, 0.1) is 17.2 Å². The normalized spacial score (nSPS) is 24.6. The number of allylic oxidation sites excluding steroid dienone is 1. The Balaban J connectivity index is 2.39. The van der Waals surface area contributed by atoms with E-state index in [1.807, 2.05) is 0 Å². The van der Waals surface area contributed by atoms with Gasteiger partial charge >= 0.3 is 0 Å². The van der Waals surface area contributed by atoms with Crippen molar-refractivity contribution in [2.75, 3.05) is 0 Å². The molecule has 0 fully saturated rings. The second kappa shape index (κ2) is 3.78. The van der Waals surface area contributed by atoms with E-state index in [9.17, 15) is 0 Å². The lowest BCUT2D eigenvalue weighted by Gasteiger charge is -2.05. The molecule has 0 radical (unpaired) electrons. The molecule has 1 atom stereocenters. The van der Waals surface area contributed by atoms with Gasteiger partial charge in [0.15, 0.2) is 0 Å². The average molecular weight is 233 g/mol. The molecule has 0 saturated heterocycles. The van der Waals surface area contributed by atoms with Crippen LogP contribution in [0.2, 0.25) is 0 Å². The van der Waals surface area contributed by atoms with E-state index in [0.29, 0.717) is 12.3 Å². The van der Waals surface area contributed by atoms with Crippen LogP contribution in [-0.2, 0) is 0 Å². The topological polar surface area (TPSA) is 23.8 Å². The van der Waals surface area contributed by atoms with Gasteiger partial charge in [-0.2, -0.15) is 5.26 Å². The molecule has 0 saturated carbocycles. The minimum absolute atomic E-state index is 0.261. The molecule has 0 aromatic carbocycles. The van der Waals surface area contributed by atoms with Crippen LogP contribution in [0.15, 0.2) is 10.2 Å². The van der Waals surface area contributed by atoms with Gasteiger partial charge in [-0.1, -0.05) is 30.8 Å². The number of hydrogen-bond acceptors (Lipinski definition) is 1. The molecular formula is C7H8IN. The molecule has 0 bridgehead atoms. The highest BCUT2D eigenvalue weighted by Crippen LogP contribution is 2.17. The first kappa shape index (κ1) is 6.94. The Labute approximate surface area is 65.1 Å². The van der Waals surface area contributed by atoms with Crippen molar-refractivity contribution >= 4 is 24.7 Å². The molecule has 1 heterocycles. The van der Waals surface area contributed by atoms with Gasteiger partial charge in [-0.3, -0.25) is 0 Å². The number of rotatable bonds is 1. The molecule has 2 heteroatoms. The van der Waals surface area contributed by atoms with Gasteiger partial charge < -0.3 is 0 Å². The fourth-order valence-electron chi connectivity index (χ4n) is 0.709. The number of nitrogens with zero attached hydrogens (tertiary/aromatic N) is 1. The van der Waals surface area contributed by atoms with Gasteiger partial charge in [-0.25, -0.2) is 0 Å². The number of nitriles is 1. The van der Waals surface area contributed by atoms with Crippen molar-refractivity contribution in [3.63, 3.8) is 0 Å². The molecule has 9 heavy (non-hydrogen) atoms. The van der Waals surface area contributed by atoms with Crippen molar-refractivity contribution < 1.29 is 0 Å². The van der Waals surface area contributed by atoms with Crippen LogP contribution in [0.1, 0.15) is 12.8 Å². The van der Waals surface area contributed by atoms with Crippen LogP contribution in [0.4, 0.5) is 0 Å². The molecule has 0 spiro atoms. The largest absolute Gasteiger partial charge is 0.198 e. The van der Waals surface area contributed by atoms with Crippen molar-refractivity contribution in [1.82, 2.24) is 0 Å². The first-order valence-electron chi connectivity index (χ1n) is 2.91. The highest BCUT2D eigenvalue weighted by molar-refractivity contribution is 14.2. The maximum Gasteiger partial charge on any atom is 0.0628 e. The van der Waals surface area contributed by atoms with Crippen molar-refractivity contribution in [3.05, 3.63) is 10.2 Å². The Bertz CT molecular complexity index is 176. The summed E-state index contributed by atoms with van der Waals surface area (Å²) in [4.78, 5) is 0. The first-order chi connectivity index (χ1) is 4.43. The fraction of sp³-hybridized carbons (Fsp3) is 0.429. The Morgan fingerprint density at radius 3 is 3.22 bits per heavy atom. The summed E-state index contributed by atoms with van der Waals surface area (Å²) in [6.07, 6.45) is 4.02. The van der Waals surface area contributed by atoms with Gasteiger partial charge in [0, 0.05) is 6.42 Å². The van der Waals surface area contributed by atoms with E-state index in [0.717, 1.165) is 6.42 Å². The molecule has 0 aliphatic carbocycles. The summed E-state index contributed by atoms with van der Waals surface area (Å²) < 4.78 is 4.57. The van der Waals surface area contributed by atoms with Crippen molar-refractivity contribution in [2.24, 2.45) is 5.92 Å². The molecule has 1 nitrogen and oxygen atoms in total. The molecule has 1 rings (SSSR count). The first-order valence-corrected chi connectivity index (χ1v) is 5.40. The van der Waals surface area contributed by atoms with E-state index in [4.69, 9.17) is 5.26 Å². The highest BCUT2D eigenvalue weighted by Gasteiger charge is 2.02. The average Bonchev–Trinajstić information content (AvgIpc) is 1.91. The van der Waals surface area contributed by atoms with Crippen molar-refractivity contribution in [2.45, 2.75) is 12.8 Å². The highest BCUT2D eigenvalue weighted by atomic mass is 127. The summed E-state index contributed by atoms with van der Waals surface area (Å²) in [5.74, 6) is 0.531. The van der Waals surface area contributed by atoms with E-state index >= 15 is 0 Å².